The van der Waals surface area contributed by atoms with Crippen molar-refractivity contribution in [3.8, 4) is 11.5 Å². The number of aromatic nitrogens is 2. The molecule has 190 valence electrons. The Morgan fingerprint density at radius 1 is 1.17 bits per heavy atom. The fourth-order valence-electron chi connectivity index (χ4n) is 5.50. The van der Waals surface area contributed by atoms with Crippen molar-refractivity contribution in [2.24, 2.45) is 5.92 Å². The number of aryl methyl sites for hydroxylation is 1. The van der Waals surface area contributed by atoms with Crippen molar-refractivity contribution in [3.63, 3.8) is 0 Å². The first-order valence-corrected chi connectivity index (χ1v) is 12.4. The fraction of sp³-hybridized carbons (Fsp3) is 0.444. The molecule has 1 saturated heterocycles. The van der Waals surface area contributed by atoms with E-state index in [0.29, 0.717) is 31.0 Å². The van der Waals surface area contributed by atoms with Crippen LogP contribution in [0, 0.1) is 11.7 Å². The van der Waals surface area contributed by atoms with Crippen LogP contribution in [0.15, 0.2) is 30.3 Å². The number of carbonyl (C=O) groups is 1. The molecule has 2 heterocycles. The fourth-order valence-corrected chi connectivity index (χ4v) is 5.50. The van der Waals surface area contributed by atoms with Gasteiger partial charge in [-0.15, -0.1) is 0 Å². The molecular formula is C27H32FN5O3. The maximum Gasteiger partial charge on any atom is 0.228 e. The molecule has 2 aliphatic rings. The molecule has 2 aromatic carbocycles. The molecule has 1 amide bonds. The van der Waals surface area contributed by atoms with E-state index in [2.05, 4.69) is 35.1 Å². The van der Waals surface area contributed by atoms with E-state index < -0.39 is 5.82 Å². The number of anilines is 2. The van der Waals surface area contributed by atoms with Crippen LogP contribution >= 0.6 is 0 Å². The maximum atomic E-state index is 15.3. The standard InChI is InChI=1S/C27H32FN5O3/c1-4-19-15-32(26(34)18-10-9-16-7-5-6-8-17(16)13-18)11-12-33(19)27-30-23-20(25(29)31-27)14-21(35-2)24(36-3)22(23)28/h5-8,14,18-19H,4,9-13,15H2,1-3H3,(H2,29,30,31). The van der Waals surface area contributed by atoms with Gasteiger partial charge in [0, 0.05) is 37.0 Å². The van der Waals surface area contributed by atoms with Crippen LogP contribution in [0.25, 0.3) is 10.9 Å². The van der Waals surface area contributed by atoms with Gasteiger partial charge in [0.2, 0.25) is 11.9 Å². The second kappa shape index (κ2) is 9.79. The van der Waals surface area contributed by atoms with Crippen molar-refractivity contribution < 1.29 is 18.7 Å². The number of hydrogen-bond donors (Lipinski definition) is 1. The normalized spacial score (nSPS) is 19.8. The summed E-state index contributed by atoms with van der Waals surface area (Å²) in [5.41, 5.74) is 8.96. The molecule has 2 unspecified atom stereocenters. The van der Waals surface area contributed by atoms with Crippen molar-refractivity contribution >= 4 is 28.6 Å². The van der Waals surface area contributed by atoms with Crippen LogP contribution in [-0.4, -0.2) is 60.7 Å². The second-order valence-corrected chi connectivity index (χ2v) is 9.48. The molecule has 2 atom stereocenters. The number of halogens is 1. The molecule has 9 heteroatoms. The number of nitrogens with two attached hydrogens (primary N) is 1. The highest BCUT2D eigenvalue weighted by Gasteiger charge is 2.35. The molecule has 0 saturated carbocycles. The third-order valence-electron chi connectivity index (χ3n) is 7.51. The van der Waals surface area contributed by atoms with Crippen molar-refractivity contribution in [1.29, 1.82) is 0 Å². The van der Waals surface area contributed by atoms with Gasteiger partial charge in [-0.3, -0.25) is 4.79 Å². The van der Waals surface area contributed by atoms with E-state index in [1.165, 1.54) is 25.3 Å². The largest absolute Gasteiger partial charge is 0.493 e. The van der Waals surface area contributed by atoms with E-state index in [1.54, 1.807) is 6.07 Å². The van der Waals surface area contributed by atoms with Gasteiger partial charge < -0.3 is 25.0 Å². The van der Waals surface area contributed by atoms with Crippen LogP contribution in [0.5, 0.6) is 11.5 Å². The highest BCUT2D eigenvalue weighted by atomic mass is 19.1. The number of fused-ring (bicyclic) bond motifs is 2. The number of ether oxygens (including phenoxy) is 2. The lowest BCUT2D eigenvalue weighted by atomic mass is 9.83. The molecule has 0 bridgehead atoms. The average molecular weight is 494 g/mol. The van der Waals surface area contributed by atoms with E-state index in [-0.39, 0.29) is 40.7 Å². The first-order valence-electron chi connectivity index (χ1n) is 12.4. The van der Waals surface area contributed by atoms with Crippen molar-refractivity contribution in [2.75, 3.05) is 44.5 Å². The van der Waals surface area contributed by atoms with Gasteiger partial charge in [-0.05, 0) is 42.9 Å². The Morgan fingerprint density at radius 3 is 2.67 bits per heavy atom. The first kappa shape index (κ1) is 24.1. The van der Waals surface area contributed by atoms with Gasteiger partial charge in [-0.25, -0.2) is 9.37 Å². The van der Waals surface area contributed by atoms with Crippen molar-refractivity contribution in [1.82, 2.24) is 14.9 Å². The van der Waals surface area contributed by atoms with E-state index >= 15 is 4.39 Å². The minimum absolute atomic E-state index is 0.00127. The Morgan fingerprint density at radius 2 is 1.94 bits per heavy atom. The number of nitrogens with zero attached hydrogens (tertiary/aromatic N) is 4. The monoisotopic (exact) mass is 493 g/mol. The van der Waals surface area contributed by atoms with Gasteiger partial charge in [-0.2, -0.15) is 4.98 Å². The molecule has 1 aromatic heterocycles. The van der Waals surface area contributed by atoms with Gasteiger partial charge in [0.15, 0.2) is 17.3 Å². The van der Waals surface area contributed by atoms with Gasteiger partial charge in [0.25, 0.3) is 0 Å². The topological polar surface area (TPSA) is 93.8 Å². The summed E-state index contributed by atoms with van der Waals surface area (Å²) in [4.78, 5) is 26.5. The number of piperazine rings is 1. The molecule has 5 rings (SSSR count). The zero-order valence-electron chi connectivity index (χ0n) is 21.0. The quantitative estimate of drug-likeness (QED) is 0.580. The molecule has 1 aliphatic heterocycles. The highest BCUT2D eigenvalue weighted by Crippen LogP contribution is 2.38. The molecule has 8 nitrogen and oxygen atoms in total. The molecule has 1 aliphatic carbocycles. The second-order valence-electron chi connectivity index (χ2n) is 9.48. The lowest BCUT2D eigenvalue weighted by Gasteiger charge is -2.42. The Kier molecular flexibility index (Phi) is 6.55. The van der Waals surface area contributed by atoms with E-state index in [0.717, 1.165) is 25.7 Å². The molecule has 3 aromatic rings. The van der Waals surface area contributed by atoms with Gasteiger partial charge in [-0.1, -0.05) is 31.2 Å². The van der Waals surface area contributed by atoms with E-state index in [1.807, 2.05) is 15.9 Å². The summed E-state index contributed by atoms with van der Waals surface area (Å²) in [6.07, 6.45) is 3.39. The zero-order valence-corrected chi connectivity index (χ0v) is 21.0. The van der Waals surface area contributed by atoms with Gasteiger partial charge in [0.1, 0.15) is 11.3 Å². The lowest BCUT2D eigenvalue weighted by molar-refractivity contribution is -0.136. The SMILES string of the molecule is CCC1CN(C(=O)C2CCc3ccccc3C2)CCN1c1nc(N)c2cc(OC)c(OC)c(F)c2n1. The third-order valence-corrected chi connectivity index (χ3v) is 7.51. The van der Waals surface area contributed by atoms with Crippen LogP contribution in [0.3, 0.4) is 0 Å². The van der Waals surface area contributed by atoms with E-state index in [9.17, 15) is 4.79 Å². The summed E-state index contributed by atoms with van der Waals surface area (Å²) >= 11 is 0. The van der Waals surface area contributed by atoms with Crippen LogP contribution in [0.4, 0.5) is 16.2 Å². The number of rotatable bonds is 5. The summed E-state index contributed by atoms with van der Waals surface area (Å²) in [5, 5.41) is 0.369. The van der Waals surface area contributed by atoms with E-state index in [4.69, 9.17) is 15.2 Å². The average Bonchev–Trinajstić information content (AvgIpc) is 2.92. The predicted molar refractivity (Wildman–Crippen MR) is 137 cm³/mol. The number of hydrogen-bond acceptors (Lipinski definition) is 7. The Hall–Kier alpha value is -3.62. The molecule has 36 heavy (non-hydrogen) atoms. The van der Waals surface area contributed by atoms with Crippen molar-refractivity contribution in [2.45, 2.75) is 38.6 Å². The zero-order chi connectivity index (χ0) is 25.4. The number of benzene rings is 2. The molecule has 0 spiro atoms. The van der Waals surface area contributed by atoms with Crippen LogP contribution < -0.4 is 20.1 Å². The minimum Gasteiger partial charge on any atom is -0.493 e. The Balaban J connectivity index is 1.38. The van der Waals surface area contributed by atoms with Crippen LogP contribution in [-0.2, 0) is 17.6 Å². The predicted octanol–water partition coefficient (Wildman–Crippen LogP) is 3.60. The first-order chi connectivity index (χ1) is 17.4. The number of amides is 1. The smallest absolute Gasteiger partial charge is 0.228 e. The lowest BCUT2D eigenvalue weighted by Crippen LogP contribution is -2.56. The summed E-state index contributed by atoms with van der Waals surface area (Å²) in [5.74, 6) is 0.319. The molecule has 2 N–H and O–H groups in total. The number of carbonyl (C=O) groups excluding carboxylic acids is 1. The summed E-state index contributed by atoms with van der Waals surface area (Å²) < 4.78 is 25.7. The Bertz CT molecular complexity index is 1300. The third kappa shape index (κ3) is 4.16. The number of methoxy groups -OCH3 is 2. The van der Waals surface area contributed by atoms with Crippen LogP contribution in [0.1, 0.15) is 30.9 Å². The Labute approximate surface area is 210 Å². The number of nitrogen functional groups attached to an aromatic ring is 1. The molecular weight excluding hydrogens is 461 g/mol. The maximum absolute atomic E-state index is 15.3. The summed E-state index contributed by atoms with van der Waals surface area (Å²) in [6.45, 7) is 3.75. The minimum atomic E-state index is -0.637. The van der Waals surface area contributed by atoms with Crippen LogP contribution in [0.2, 0.25) is 0 Å². The van der Waals surface area contributed by atoms with Gasteiger partial charge in [0.05, 0.1) is 14.2 Å². The van der Waals surface area contributed by atoms with Crippen molar-refractivity contribution in [3.05, 3.63) is 47.3 Å². The summed E-state index contributed by atoms with van der Waals surface area (Å²) in [7, 11) is 2.82. The van der Waals surface area contributed by atoms with Gasteiger partial charge >= 0.3 is 0 Å². The molecule has 1 fully saturated rings. The molecule has 0 radical (unpaired) electrons. The summed E-state index contributed by atoms with van der Waals surface area (Å²) in [6, 6.07) is 9.98. The highest BCUT2D eigenvalue weighted by molar-refractivity contribution is 5.92.